The molecule has 1 amide bonds. The van der Waals surface area contributed by atoms with Crippen LogP contribution in [0.3, 0.4) is 0 Å². The van der Waals surface area contributed by atoms with Crippen LogP contribution < -0.4 is 4.74 Å². The number of hydrogen-bond acceptors (Lipinski definition) is 3. The van der Waals surface area contributed by atoms with Gasteiger partial charge < -0.3 is 9.64 Å². The van der Waals surface area contributed by atoms with Crippen molar-refractivity contribution in [3.63, 3.8) is 0 Å². The molecular formula is C20H19ClFNO3. The Bertz CT molecular complexity index is 840. The van der Waals surface area contributed by atoms with Crippen molar-refractivity contribution in [1.82, 2.24) is 4.90 Å². The van der Waals surface area contributed by atoms with Crippen molar-refractivity contribution in [3.05, 3.63) is 64.4 Å². The van der Waals surface area contributed by atoms with Crippen molar-refractivity contribution in [2.24, 2.45) is 5.92 Å². The zero-order valence-corrected chi connectivity index (χ0v) is 15.1. The maximum absolute atomic E-state index is 13.9. The third-order valence-corrected chi connectivity index (χ3v) is 4.95. The Balaban J connectivity index is 1.76. The molecule has 0 N–H and O–H groups in total. The van der Waals surface area contributed by atoms with Crippen LogP contribution in [0, 0.1) is 11.7 Å². The molecule has 1 heterocycles. The number of hydrogen-bond donors (Lipinski definition) is 0. The number of rotatable bonds is 4. The summed E-state index contributed by atoms with van der Waals surface area (Å²) in [4.78, 5) is 27.1. The van der Waals surface area contributed by atoms with Gasteiger partial charge in [0.2, 0.25) is 0 Å². The lowest BCUT2D eigenvalue weighted by Crippen LogP contribution is -2.42. The van der Waals surface area contributed by atoms with Gasteiger partial charge in [0, 0.05) is 24.6 Å². The van der Waals surface area contributed by atoms with Gasteiger partial charge in [-0.3, -0.25) is 9.59 Å². The highest BCUT2D eigenvalue weighted by Crippen LogP contribution is 2.26. The molecule has 1 saturated heterocycles. The van der Waals surface area contributed by atoms with Crippen molar-refractivity contribution in [2.45, 2.75) is 12.8 Å². The van der Waals surface area contributed by atoms with Gasteiger partial charge in [-0.25, -0.2) is 4.39 Å². The maximum atomic E-state index is 13.9. The van der Waals surface area contributed by atoms with Gasteiger partial charge >= 0.3 is 0 Å². The minimum atomic E-state index is -0.571. The van der Waals surface area contributed by atoms with E-state index in [1.807, 2.05) is 0 Å². The maximum Gasteiger partial charge on any atom is 0.255 e. The van der Waals surface area contributed by atoms with E-state index in [4.69, 9.17) is 16.3 Å². The predicted octanol–water partition coefficient (Wildman–Crippen LogP) is 4.22. The number of nitrogens with zero attached hydrogens (tertiary/aromatic N) is 1. The topological polar surface area (TPSA) is 46.6 Å². The van der Waals surface area contributed by atoms with Gasteiger partial charge in [0.05, 0.1) is 17.7 Å². The van der Waals surface area contributed by atoms with Crippen molar-refractivity contribution < 1.29 is 18.7 Å². The van der Waals surface area contributed by atoms with Gasteiger partial charge in [0.15, 0.2) is 17.3 Å². The number of methoxy groups -OCH3 is 1. The molecule has 2 aromatic carbocycles. The second kappa shape index (κ2) is 7.87. The van der Waals surface area contributed by atoms with Crippen LogP contribution in [-0.4, -0.2) is 36.8 Å². The van der Waals surface area contributed by atoms with E-state index >= 15 is 0 Å². The zero-order valence-electron chi connectivity index (χ0n) is 14.4. The van der Waals surface area contributed by atoms with Gasteiger partial charge in [-0.1, -0.05) is 23.7 Å². The van der Waals surface area contributed by atoms with Crippen LogP contribution in [0.15, 0.2) is 42.5 Å². The van der Waals surface area contributed by atoms with E-state index in [9.17, 15) is 14.0 Å². The van der Waals surface area contributed by atoms with Crippen molar-refractivity contribution in [2.75, 3.05) is 20.2 Å². The molecule has 0 bridgehead atoms. The fourth-order valence-corrected chi connectivity index (χ4v) is 3.45. The summed E-state index contributed by atoms with van der Waals surface area (Å²) in [6, 6.07) is 11.1. The number of carbonyl (C=O) groups excluding carboxylic acids is 2. The fraction of sp³-hybridized carbons (Fsp3) is 0.300. The van der Waals surface area contributed by atoms with E-state index < -0.39 is 5.82 Å². The summed E-state index contributed by atoms with van der Waals surface area (Å²) in [5, 5.41) is 0.392. The number of halogens is 2. The highest BCUT2D eigenvalue weighted by molar-refractivity contribution is 6.33. The summed E-state index contributed by atoms with van der Waals surface area (Å²) >= 11 is 6.11. The van der Waals surface area contributed by atoms with Crippen molar-refractivity contribution in [1.29, 1.82) is 0 Å². The molecule has 1 aliphatic heterocycles. The third kappa shape index (κ3) is 3.73. The Morgan fingerprint density at radius 2 is 2.00 bits per heavy atom. The van der Waals surface area contributed by atoms with Gasteiger partial charge in [0.25, 0.3) is 5.91 Å². The largest absolute Gasteiger partial charge is 0.494 e. The predicted molar refractivity (Wildman–Crippen MR) is 97.4 cm³/mol. The number of amides is 1. The number of ether oxygens (including phenoxy) is 1. The minimum Gasteiger partial charge on any atom is -0.494 e. The average Bonchev–Trinajstić information content (AvgIpc) is 2.67. The number of carbonyl (C=O) groups is 2. The van der Waals surface area contributed by atoms with E-state index in [1.54, 1.807) is 35.2 Å². The highest BCUT2D eigenvalue weighted by Gasteiger charge is 2.30. The molecule has 0 aliphatic carbocycles. The summed E-state index contributed by atoms with van der Waals surface area (Å²) in [5.41, 5.74) is 0.720. The lowest BCUT2D eigenvalue weighted by atomic mass is 9.89. The Morgan fingerprint density at radius 1 is 1.23 bits per heavy atom. The summed E-state index contributed by atoms with van der Waals surface area (Å²) in [5.74, 6) is -1.18. The highest BCUT2D eigenvalue weighted by atomic mass is 35.5. The zero-order chi connectivity index (χ0) is 18.7. The lowest BCUT2D eigenvalue weighted by Gasteiger charge is -2.32. The summed E-state index contributed by atoms with van der Waals surface area (Å²) in [6.07, 6.45) is 1.38. The van der Waals surface area contributed by atoms with Crippen LogP contribution in [0.5, 0.6) is 5.75 Å². The normalized spacial score (nSPS) is 17.0. The van der Waals surface area contributed by atoms with E-state index in [0.29, 0.717) is 42.1 Å². The second-order valence-corrected chi connectivity index (χ2v) is 6.69. The molecule has 1 atom stereocenters. The van der Waals surface area contributed by atoms with Crippen molar-refractivity contribution in [3.8, 4) is 5.75 Å². The van der Waals surface area contributed by atoms with Crippen LogP contribution in [0.25, 0.3) is 0 Å². The molecule has 3 rings (SSSR count). The number of ketones is 1. The van der Waals surface area contributed by atoms with Gasteiger partial charge in [0.1, 0.15) is 0 Å². The summed E-state index contributed by atoms with van der Waals surface area (Å²) < 4.78 is 18.8. The summed E-state index contributed by atoms with van der Waals surface area (Å²) in [7, 11) is 1.37. The Kier molecular flexibility index (Phi) is 5.57. The van der Waals surface area contributed by atoms with Gasteiger partial charge in [-0.15, -0.1) is 0 Å². The lowest BCUT2D eigenvalue weighted by molar-refractivity contribution is 0.0637. The SMILES string of the molecule is COc1ccc(C(=O)C2CCCN(C(=O)c3ccccc3Cl)C2)cc1F. The third-order valence-electron chi connectivity index (χ3n) is 4.62. The number of benzene rings is 2. The van der Waals surface area contributed by atoms with Crippen LogP contribution in [-0.2, 0) is 0 Å². The first-order valence-electron chi connectivity index (χ1n) is 8.43. The van der Waals surface area contributed by atoms with Crippen molar-refractivity contribution >= 4 is 23.3 Å². The number of likely N-dealkylation sites (tertiary alicyclic amines) is 1. The van der Waals surface area contributed by atoms with Crippen LogP contribution in [0.2, 0.25) is 5.02 Å². The minimum absolute atomic E-state index is 0.0979. The van der Waals surface area contributed by atoms with Gasteiger partial charge in [-0.2, -0.15) is 0 Å². The number of piperidine rings is 1. The second-order valence-electron chi connectivity index (χ2n) is 6.28. The number of Topliss-reactive ketones (excluding diaryl/α,β-unsaturated/α-hetero) is 1. The molecule has 4 nitrogen and oxygen atoms in total. The van der Waals surface area contributed by atoms with Crippen LogP contribution >= 0.6 is 11.6 Å². The van der Waals surface area contributed by atoms with Gasteiger partial charge in [-0.05, 0) is 43.2 Å². The first kappa shape index (κ1) is 18.4. The quantitative estimate of drug-likeness (QED) is 0.751. The molecule has 0 saturated carbocycles. The first-order valence-corrected chi connectivity index (χ1v) is 8.80. The molecule has 26 heavy (non-hydrogen) atoms. The Hall–Kier alpha value is -2.40. The Morgan fingerprint density at radius 3 is 2.69 bits per heavy atom. The van der Waals surface area contributed by atoms with E-state index in [1.165, 1.54) is 19.2 Å². The average molecular weight is 376 g/mol. The monoisotopic (exact) mass is 375 g/mol. The first-order chi connectivity index (χ1) is 12.5. The molecular weight excluding hydrogens is 357 g/mol. The van der Waals surface area contributed by atoms with E-state index in [-0.39, 0.29) is 23.4 Å². The smallest absolute Gasteiger partial charge is 0.255 e. The van der Waals surface area contributed by atoms with E-state index in [2.05, 4.69) is 0 Å². The van der Waals surface area contributed by atoms with E-state index in [0.717, 1.165) is 0 Å². The molecule has 0 spiro atoms. The molecule has 0 aromatic heterocycles. The molecule has 1 fully saturated rings. The van der Waals surface area contributed by atoms with Crippen LogP contribution in [0.4, 0.5) is 4.39 Å². The molecule has 136 valence electrons. The fourth-order valence-electron chi connectivity index (χ4n) is 3.24. The molecule has 1 aliphatic rings. The molecule has 2 aromatic rings. The molecule has 6 heteroatoms. The van der Waals surface area contributed by atoms with Crippen LogP contribution in [0.1, 0.15) is 33.6 Å². The summed E-state index contributed by atoms with van der Waals surface area (Å²) in [6.45, 7) is 0.876. The molecule has 0 radical (unpaired) electrons. The Labute approximate surface area is 156 Å². The standard InChI is InChI=1S/C20H19ClFNO3/c1-26-18-9-8-13(11-17(18)22)19(24)14-5-4-10-23(12-14)20(25)15-6-2-3-7-16(15)21/h2-3,6-9,11,14H,4-5,10,12H2,1H3. The molecule has 1 unspecified atom stereocenters.